The number of halogens is 1. The molecule has 0 bridgehead atoms. The summed E-state index contributed by atoms with van der Waals surface area (Å²) in [6, 6.07) is 0. The SMILES string of the molecule is CCCN(CCCBr)CCCN(C)C. The Hall–Kier alpha value is 0.400. The molecule has 0 aliphatic carbocycles. The van der Waals surface area contributed by atoms with Crippen molar-refractivity contribution in [2.45, 2.75) is 26.2 Å². The van der Waals surface area contributed by atoms with Crippen LogP contribution in [0.1, 0.15) is 26.2 Å². The number of alkyl halides is 1. The lowest BCUT2D eigenvalue weighted by molar-refractivity contribution is 0.256. The summed E-state index contributed by atoms with van der Waals surface area (Å²) in [5, 5.41) is 1.13. The van der Waals surface area contributed by atoms with E-state index in [9.17, 15) is 0 Å². The van der Waals surface area contributed by atoms with Gasteiger partial charge >= 0.3 is 0 Å². The van der Waals surface area contributed by atoms with Crippen LogP contribution in [0, 0.1) is 0 Å². The molecule has 0 saturated heterocycles. The minimum Gasteiger partial charge on any atom is -0.309 e. The van der Waals surface area contributed by atoms with Gasteiger partial charge in [0.15, 0.2) is 0 Å². The highest BCUT2D eigenvalue weighted by Crippen LogP contribution is 1.98. The summed E-state index contributed by atoms with van der Waals surface area (Å²) in [4.78, 5) is 4.83. The van der Waals surface area contributed by atoms with E-state index < -0.39 is 0 Å². The molecule has 0 aliphatic rings. The van der Waals surface area contributed by atoms with Gasteiger partial charge in [-0.1, -0.05) is 22.9 Å². The van der Waals surface area contributed by atoms with Crippen LogP contribution in [0.15, 0.2) is 0 Å². The van der Waals surface area contributed by atoms with Crippen molar-refractivity contribution in [1.82, 2.24) is 9.80 Å². The van der Waals surface area contributed by atoms with E-state index in [1.807, 2.05) is 0 Å². The molecule has 86 valence electrons. The number of hydrogen-bond donors (Lipinski definition) is 0. The molecule has 0 aromatic rings. The Labute approximate surface area is 97.8 Å². The average molecular weight is 265 g/mol. The van der Waals surface area contributed by atoms with Crippen molar-refractivity contribution in [3.63, 3.8) is 0 Å². The van der Waals surface area contributed by atoms with Crippen molar-refractivity contribution in [3.8, 4) is 0 Å². The van der Waals surface area contributed by atoms with Crippen molar-refractivity contribution >= 4 is 15.9 Å². The topological polar surface area (TPSA) is 6.48 Å². The lowest BCUT2D eigenvalue weighted by Crippen LogP contribution is -2.29. The van der Waals surface area contributed by atoms with Gasteiger partial charge in [-0.25, -0.2) is 0 Å². The summed E-state index contributed by atoms with van der Waals surface area (Å²) in [6.45, 7) is 7.20. The summed E-state index contributed by atoms with van der Waals surface area (Å²) in [5.41, 5.74) is 0. The van der Waals surface area contributed by atoms with Gasteiger partial charge in [-0.15, -0.1) is 0 Å². The second-order valence-electron chi connectivity index (χ2n) is 4.04. The summed E-state index contributed by atoms with van der Waals surface area (Å²) in [6.07, 6.45) is 3.82. The van der Waals surface area contributed by atoms with E-state index in [0.717, 1.165) is 5.33 Å². The summed E-state index contributed by atoms with van der Waals surface area (Å²) < 4.78 is 0. The molecule has 3 heteroatoms. The van der Waals surface area contributed by atoms with Crippen molar-refractivity contribution in [2.75, 3.05) is 45.6 Å². The van der Waals surface area contributed by atoms with Gasteiger partial charge in [-0.3, -0.25) is 0 Å². The molecular weight excluding hydrogens is 240 g/mol. The van der Waals surface area contributed by atoms with Crippen LogP contribution in [0.3, 0.4) is 0 Å². The Balaban J connectivity index is 3.50. The number of nitrogens with zero attached hydrogens (tertiary/aromatic N) is 2. The second-order valence-corrected chi connectivity index (χ2v) is 4.83. The first-order valence-electron chi connectivity index (χ1n) is 5.63. The van der Waals surface area contributed by atoms with E-state index in [1.54, 1.807) is 0 Å². The van der Waals surface area contributed by atoms with Gasteiger partial charge in [0.2, 0.25) is 0 Å². The zero-order chi connectivity index (χ0) is 10.8. The molecule has 0 atom stereocenters. The van der Waals surface area contributed by atoms with Crippen LogP contribution in [0.4, 0.5) is 0 Å². The highest BCUT2D eigenvalue weighted by atomic mass is 79.9. The molecule has 0 aliphatic heterocycles. The van der Waals surface area contributed by atoms with Gasteiger partial charge < -0.3 is 9.80 Å². The van der Waals surface area contributed by atoms with E-state index in [0.29, 0.717) is 0 Å². The van der Waals surface area contributed by atoms with E-state index >= 15 is 0 Å². The smallest absolute Gasteiger partial charge is 0.00434 e. The Morgan fingerprint density at radius 3 is 2.07 bits per heavy atom. The third-order valence-electron chi connectivity index (χ3n) is 2.23. The predicted molar refractivity (Wildman–Crippen MR) is 68.3 cm³/mol. The van der Waals surface area contributed by atoms with Crippen LogP contribution in [0.5, 0.6) is 0 Å². The van der Waals surface area contributed by atoms with Gasteiger partial charge in [-0.2, -0.15) is 0 Å². The fourth-order valence-corrected chi connectivity index (χ4v) is 1.80. The van der Waals surface area contributed by atoms with Crippen LogP contribution in [-0.2, 0) is 0 Å². The Bertz CT molecular complexity index is 118. The van der Waals surface area contributed by atoms with E-state index in [4.69, 9.17) is 0 Å². The number of hydrogen-bond acceptors (Lipinski definition) is 2. The van der Waals surface area contributed by atoms with Crippen molar-refractivity contribution in [1.29, 1.82) is 0 Å². The Kier molecular flexibility index (Phi) is 10.2. The molecule has 0 radical (unpaired) electrons. The van der Waals surface area contributed by atoms with Gasteiger partial charge in [0.25, 0.3) is 0 Å². The lowest BCUT2D eigenvalue weighted by Gasteiger charge is -2.22. The molecule has 0 aromatic heterocycles. The first-order chi connectivity index (χ1) is 6.70. The lowest BCUT2D eigenvalue weighted by atomic mass is 10.3. The minimum atomic E-state index is 1.13. The fourth-order valence-electron chi connectivity index (χ4n) is 1.55. The van der Waals surface area contributed by atoms with Gasteiger partial charge in [0, 0.05) is 5.33 Å². The first kappa shape index (κ1) is 14.4. The summed E-state index contributed by atoms with van der Waals surface area (Å²) in [7, 11) is 4.28. The maximum Gasteiger partial charge on any atom is 0.00434 e. The van der Waals surface area contributed by atoms with E-state index in [2.05, 4.69) is 46.7 Å². The minimum absolute atomic E-state index is 1.13. The molecular formula is C11H25BrN2. The van der Waals surface area contributed by atoms with Crippen molar-refractivity contribution < 1.29 is 0 Å². The van der Waals surface area contributed by atoms with Crippen LogP contribution in [-0.4, -0.2) is 55.4 Å². The van der Waals surface area contributed by atoms with Crippen LogP contribution >= 0.6 is 15.9 Å². The maximum absolute atomic E-state index is 3.49. The maximum atomic E-state index is 3.49. The van der Waals surface area contributed by atoms with E-state index in [1.165, 1.54) is 45.4 Å². The summed E-state index contributed by atoms with van der Waals surface area (Å²) in [5.74, 6) is 0. The molecule has 2 nitrogen and oxygen atoms in total. The molecule has 0 spiro atoms. The van der Waals surface area contributed by atoms with Crippen molar-refractivity contribution in [2.24, 2.45) is 0 Å². The molecule has 0 rings (SSSR count). The van der Waals surface area contributed by atoms with Crippen LogP contribution < -0.4 is 0 Å². The highest BCUT2D eigenvalue weighted by Gasteiger charge is 2.02. The van der Waals surface area contributed by atoms with Crippen molar-refractivity contribution in [3.05, 3.63) is 0 Å². The number of rotatable bonds is 9. The molecule has 0 unspecified atom stereocenters. The largest absolute Gasteiger partial charge is 0.309 e. The Morgan fingerprint density at radius 2 is 1.57 bits per heavy atom. The predicted octanol–water partition coefficient (Wildman–Crippen LogP) is 2.44. The monoisotopic (exact) mass is 264 g/mol. The Morgan fingerprint density at radius 1 is 0.929 bits per heavy atom. The van der Waals surface area contributed by atoms with Crippen LogP contribution in [0.2, 0.25) is 0 Å². The third kappa shape index (κ3) is 8.97. The third-order valence-corrected chi connectivity index (χ3v) is 2.79. The van der Waals surface area contributed by atoms with Gasteiger partial charge in [0.1, 0.15) is 0 Å². The average Bonchev–Trinajstić information content (AvgIpc) is 2.13. The molecule has 0 aromatic carbocycles. The molecule has 0 saturated carbocycles. The molecule has 0 amide bonds. The normalized spacial score (nSPS) is 11.6. The van der Waals surface area contributed by atoms with Crippen LogP contribution in [0.25, 0.3) is 0 Å². The highest BCUT2D eigenvalue weighted by molar-refractivity contribution is 9.09. The fraction of sp³-hybridized carbons (Fsp3) is 1.00. The molecule has 14 heavy (non-hydrogen) atoms. The zero-order valence-electron chi connectivity index (χ0n) is 9.93. The van der Waals surface area contributed by atoms with E-state index in [-0.39, 0.29) is 0 Å². The first-order valence-corrected chi connectivity index (χ1v) is 6.76. The van der Waals surface area contributed by atoms with Gasteiger partial charge in [-0.05, 0) is 59.5 Å². The zero-order valence-corrected chi connectivity index (χ0v) is 11.5. The quantitative estimate of drug-likeness (QED) is 0.591. The molecule has 0 heterocycles. The molecule has 0 fully saturated rings. The molecule has 0 N–H and O–H groups in total. The standard InChI is InChI=1S/C11H25BrN2/c1-4-8-14(10-5-7-12)11-6-9-13(2)3/h4-11H2,1-3H3. The van der Waals surface area contributed by atoms with Gasteiger partial charge in [0.05, 0.1) is 0 Å². The second kappa shape index (κ2) is 9.94. The summed E-state index contributed by atoms with van der Waals surface area (Å²) >= 11 is 3.49.